The van der Waals surface area contributed by atoms with Gasteiger partial charge >= 0.3 is 11.9 Å². The summed E-state index contributed by atoms with van der Waals surface area (Å²) in [6.07, 6.45) is 28.1. The van der Waals surface area contributed by atoms with Crippen molar-refractivity contribution in [3.63, 3.8) is 0 Å². The van der Waals surface area contributed by atoms with Crippen molar-refractivity contribution in [1.82, 2.24) is 4.90 Å². The van der Waals surface area contributed by atoms with Crippen molar-refractivity contribution in [3.8, 4) is 0 Å². The molecule has 0 aromatic carbocycles. The van der Waals surface area contributed by atoms with Crippen LogP contribution in [0.25, 0.3) is 0 Å². The maximum atomic E-state index is 12.9. The van der Waals surface area contributed by atoms with Crippen molar-refractivity contribution in [1.29, 1.82) is 0 Å². The average molecular weight is 582 g/mol. The van der Waals surface area contributed by atoms with Crippen LogP contribution in [0, 0.1) is 5.92 Å². The van der Waals surface area contributed by atoms with Crippen molar-refractivity contribution in [2.75, 3.05) is 27.2 Å². The largest absolute Gasteiger partial charge is 0.462 e. The molecular formula is C36H71NO4. The number of carbonyl (C=O) groups is 2. The van der Waals surface area contributed by atoms with E-state index in [9.17, 15) is 9.59 Å². The second kappa shape index (κ2) is 30.4. The van der Waals surface area contributed by atoms with E-state index < -0.39 is 0 Å². The first-order valence-corrected chi connectivity index (χ1v) is 17.9. The lowest BCUT2D eigenvalue weighted by atomic mass is 9.91. The number of nitrogens with zero attached hydrogens (tertiary/aromatic N) is 1. The summed E-state index contributed by atoms with van der Waals surface area (Å²) in [5.74, 6) is 0.150. The standard InChI is InChI=1S/C36H71NO4/c1-6-9-12-15-17-18-20-23-28-34(41-35(38)29-24-25-30-37(4)5)32-40-36(39)31-33(26-21-14-11-8-3)27-22-19-16-13-10-7-2/h33-34H,6-32H2,1-5H3. The SMILES string of the molecule is CCCCCCCCCCC(COC(=O)CC(CCCCCC)CCCCCCCC)OC(=O)CCCCN(C)C. The van der Waals surface area contributed by atoms with E-state index in [0.29, 0.717) is 18.8 Å². The van der Waals surface area contributed by atoms with Crippen LogP contribution in [-0.4, -0.2) is 50.2 Å². The maximum absolute atomic E-state index is 12.9. The Kier molecular flexibility index (Phi) is 29.5. The van der Waals surface area contributed by atoms with Crippen LogP contribution in [0.5, 0.6) is 0 Å². The molecule has 0 amide bonds. The third-order valence-corrected chi connectivity index (χ3v) is 8.23. The average Bonchev–Trinajstić information content (AvgIpc) is 2.94. The smallest absolute Gasteiger partial charge is 0.306 e. The van der Waals surface area contributed by atoms with Crippen molar-refractivity contribution < 1.29 is 19.1 Å². The minimum atomic E-state index is -0.318. The van der Waals surface area contributed by atoms with Crippen molar-refractivity contribution >= 4 is 11.9 Å². The van der Waals surface area contributed by atoms with Gasteiger partial charge in [0.05, 0.1) is 0 Å². The number of esters is 2. The van der Waals surface area contributed by atoms with Gasteiger partial charge in [0.1, 0.15) is 12.7 Å². The van der Waals surface area contributed by atoms with Crippen LogP contribution in [0.3, 0.4) is 0 Å². The van der Waals surface area contributed by atoms with Crippen LogP contribution in [0.15, 0.2) is 0 Å². The fourth-order valence-electron chi connectivity index (χ4n) is 5.53. The van der Waals surface area contributed by atoms with Crippen LogP contribution in [0.4, 0.5) is 0 Å². The summed E-state index contributed by atoms with van der Waals surface area (Å²) in [5.41, 5.74) is 0. The number of carbonyl (C=O) groups excluding carboxylic acids is 2. The second-order valence-electron chi connectivity index (χ2n) is 12.8. The summed E-state index contributed by atoms with van der Waals surface area (Å²) < 4.78 is 11.6. The summed E-state index contributed by atoms with van der Waals surface area (Å²) in [7, 11) is 4.10. The molecule has 0 saturated carbocycles. The zero-order valence-electron chi connectivity index (χ0n) is 28.3. The molecule has 0 aromatic rings. The summed E-state index contributed by atoms with van der Waals surface area (Å²) in [4.78, 5) is 27.6. The zero-order valence-corrected chi connectivity index (χ0v) is 28.3. The summed E-state index contributed by atoms with van der Waals surface area (Å²) in [6.45, 7) is 7.93. The highest BCUT2D eigenvalue weighted by Crippen LogP contribution is 2.23. The quantitative estimate of drug-likeness (QED) is 0.0602. The monoisotopic (exact) mass is 582 g/mol. The van der Waals surface area contributed by atoms with Gasteiger partial charge < -0.3 is 14.4 Å². The van der Waals surface area contributed by atoms with Crippen LogP contribution < -0.4 is 0 Å². The highest BCUT2D eigenvalue weighted by atomic mass is 16.6. The molecule has 0 saturated heterocycles. The Balaban J connectivity index is 4.71. The normalized spacial score (nSPS) is 12.9. The molecule has 41 heavy (non-hydrogen) atoms. The Morgan fingerprint density at radius 2 is 1.02 bits per heavy atom. The fourth-order valence-corrected chi connectivity index (χ4v) is 5.53. The van der Waals surface area contributed by atoms with Gasteiger partial charge in [-0.1, -0.05) is 130 Å². The molecule has 0 aliphatic carbocycles. The Bertz CT molecular complexity index is 580. The summed E-state index contributed by atoms with van der Waals surface area (Å²) >= 11 is 0. The van der Waals surface area contributed by atoms with Gasteiger partial charge in [0.15, 0.2) is 0 Å². The van der Waals surface area contributed by atoms with E-state index in [1.54, 1.807) is 0 Å². The molecule has 0 rings (SSSR count). The lowest BCUT2D eigenvalue weighted by Gasteiger charge is -2.20. The Morgan fingerprint density at radius 3 is 1.54 bits per heavy atom. The van der Waals surface area contributed by atoms with Gasteiger partial charge in [-0.3, -0.25) is 9.59 Å². The van der Waals surface area contributed by atoms with Crippen molar-refractivity contribution in [2.24, 2.45) is 5.92 Å². The Hall–Kier alpha value is -1.10. The third kappa shape index (κ3) is 28.8. The van der Waals surface area contributed by atoms with Gasteiger partial charge in [0.2, 0.25) is 0 Å². The highest BCUT2D eigenvalue weighted by Gasteiger charge is 2.19. The number of rotatable bonds is 31. The molecule has 2 unspecified atom stereocenters. The molecule has 5 heteroatoms. The van der Waals surface area contributed by atoms with Crippen molar-refractivity contribution in [3.05, 3.63) is 0 Å². The number of unbranched alkanes of at least 4 members (excludes halogenated alkanes) is 16. The number of hydrogen-bond acceptors (Lipinski definition) is 5. The molecular weight excluding hydrogens is 510 g/mol. The molecule has 0 N–H and O–H groups in total. The molecule has 244 valence electrons. The lowest BCUT2D eigenvalue weighted by molar-refractivity contribution is -0.160. The van der Waals surface area contributed by atoms with E-state index in [1.807, 2.05) is 0 Å². The van der Waals surface area contributed by atoms with E-state index in [4.69, 9.17) is 9.47 Å². The number of ether oxygens (including phenoxy) is 2. The molecule has 0 aliphatic rings. The Morgan fingerprint density at radius 1 is 0.561 bits per heavy atom. The molecule has 0 aliphatic heterocycles. The highest BCUT2D eigenvalue weighted by molar-refractivity contribution is 5.70. The minimum Gasteiger partial charge on any atom is -0.462 e. The van der Waals surface area contributed by atoms with Gasteiger partial charge in [-0.25, -0.2) is 0 Å². The fraction of sp³-hybridized carbons (Fsp3) is 0.944. The minimum absolute atomic E-state index is 0.112. The molecule has 2 atom stereocenters. The van der Waals surface area contributed by atoms with Gasteiger partial charge in [0.25, 0.3) is 0 Å². The summed E-state index contributed by atoms with van der Waals surface area (Å²) in [5, 5.41) is 0. The maximum Gasteiger partial charge on any atom is 0.306 e. The van der Waals surface area contributed by atoms with Crippen LogP contribution in [0.1, 0.15) is 181 Å². The molecule has 0 heterocycles. The van der Waals surface area contributed by atoms with E-state index >= 15 is 0 Å². The van der Waals surface area contributed by atoms with Crippen molar-refractivity contribution in [2.45, 2.75) is 187 Å². The topological polar surface area (TPSA) is 55.8 Å². The molecule has 0 spiro atoms. The molecule has 0 fully saturated rings. The van der Waals surface area contributed by atoms with Gasteiger partial charge in [-0.05, 0) is 65.1 Å². The third-order valence-electron chi connectivity index (χ3n) is 8.23. The van der Waals surface area contributed by atoms with E-state index in [-0.39, 0.29) is 24.6 Å². The summed E-state index contributed by atoms with van der Waals surface area (Å²) in [6, 6.07) is 0. The van der Waals surface area contributed by atoms with Gasteiger partial charge in [0, 0.05) is 12.8 Å². The van der Waals surface area contributed by atoms with Gasteiger partial charge in [-0.15, -0.1) is 0 Å². The number of hydrogen-bond donors (Lipinski definition) is 0. The second-order valence-corrected chi connectivity index (χ2v) is 12.8. The molecule has 5 nitrogen and oxygen atoms in total. The first-order valence-electron chi connectivity index (χ1n) is 17.9. The molecule has 0 bridgehead atoms. The first-order chi connectivity index (χ1) is 19.9. The predicted molar refractivity (Wildman–Crippen MR) is 175 cm³/mol. The van der Waals surface area contributed by atoms with Crippen LogP contribution in [0.2, 0.25) is 0 Å². The van der Waals surface area contributed by atoms with E-state index in [1.165, 1.54) is 103 Å². The van der Waals surface area contributed by atoms with E-state index in [2.05, 4.69) is 39.8 Å². The van der Waals surface area contributed by atoms with E-state index in [0.717, 1.165) is 51.5 Å². The molecule has 0 aromatic heterocycles. The predicted octanol–water partition coefficient (Wildman–Crippen LogP) is 10.4. The first kappa shape index (κ1) is 39.9. The molecule has 0 radical (unpaired) electrons. The zero-order chi connectivity index (χ0) is 30.4. The Labute approximate surface area is 256 Å². The van der Waals surface area contributed by atoms with Crippen LogP contribution in [-0.2, 0) is 19.1 Å². The van der Waals surface area contributed by atoms with Crippen LogP contribution >= 0.6 is 0 Å². The lowest BCUT2D eigenvalue weighted by Crippen LogP contribution is -2.26. The van der Waals surface area contributed by atoms with Gasteiger partial charge in [-0.2, -0.15) is 0 Å².